The lowest BCUT2D eigenvalue weighted by atomic mass is 10.3. The summed E-state index contributed by atoms with van der Waals surface area (Å²) in [5.41, 5.74) is 1.36. The van der Waals surface area contributed by atoms with Crippen molar-refractivity contribution in [1.29, 1.82) is 0 Å². The minimum atomic E-state index is -0.110. The number of aliphatic hydroxyl groups is 1. The maximum Gasteiger partial charge on any atom is 0.185 e. The third kappa shape index (κ3) is 1.33. The average Bonchev–Trinajstić information content (AvgIpc) is 2.71. The molecule has 2 aromatic rings. The van der Waals surface area contributed by atoms with Gasteiger partial charge in [-0.1, -0.05) is 5.16 Å². The quantitative estimate of drug-likeness (QED) is 0.731. The molecule has 0 aliphatic heterocycles. The molecule has 0 saturated heterocycles. The van der Waals surface area contributed by atoms with Crippen LogP contribution in [0.5, 0.6) is 0 Å². The van der Waals surface area contributed by atoms with Gasteiger partial charge in [0.15, 0.2) is 5.76 Å². The summed E-state index contributed by atoms with van der Waals surface area (Å²) in [6.07, 6.45) is 1.68. The topological polar surface area (TPSA) is 64.1 Å². The maximum absolute atomic E-state index is 8.77. The Morgan fingerprint density at radius 2 is 2.46 bits per heavy atom. The predicted octanol–water partition coefficient (Wildman–Crippen LogP) is 0.567. The highest BCUT2D eigenvalue weighted by molar-refractivity contribution is 5.51. The van der Waals surface area contributed by atoms with Crippen molar-refractivity contribution in [3.05, 3.63) is 24.0 Å². The second-order valence-electron chi connectivity index (χ2n) is 2.68. The molecule has 5 nitrogen and oxygen atoms in total. The molecular weight excluding hydrogens is 170 g/mol. The first-order chi connectivity index (χ1) is 6.31. The summed E-state index contributed by atoms with van der Waals surface area (Å²) in [7, 11) is 1.82. The molecule has 0 spiro atoms. The van der Waals surface area contributed by atoms with E-state index in [1.807, 2.05) is 13.1 Å². The standard InChI is InChI=1S/C8H9N3O2/c1-11-7(2-3-9-11)8-4-6(5-12)10-13-8/h2-4,12H,5H2,1H3. The minimum absolute atomic E-state index is 0.110. The van der Waals surface area contributed by atoms with Gasteiger partial charge in [0, 0.05) is 19.3 Å². The van der Waals surface area contributed by atoms with E-state index >= 15 is 0 Å². The fourth-order valence-electron chi connectivity index (χ4n) is 1.12. The molecule has 0 aromatic carbocycles. The number of aromatic nitrogens is 3. The normalized spacial score (nSPS) is 10.6. The third-order valence-electron chi connectivity index (χ3n) is 1.79. The molecule has 0 bridgehead atoms. The van der Waals surface area contributed by atoms with Crippen molar-refractivity contribution in [3.63, 3.8) is 0 Å². The first-order valence-corrected chi connectivity index (χ1v) is 3.86. The van der Waals surface area contributed by atoms with E-state index in [9.17, 15) is 0 Å². The van der Waals surface area contributed by atoms with E-state index < -0.39 is 0 Å². The summed E-state index contributed by atoms with van der Waals surface area (Å²) in [5.74, 6) is 0.615. The van der Waals surface area contributed by atoms with Crippen LogP contribution in [0.3, 0.4) is 0 Å². The lowest BCUT2D eigenvalue weighted by molar-refractivity contribution is 0.267. The van der Waals surface area contributed by atoms with Crippen molar-refractivity contribution in [2.75, 3.05) is 0 Å². The zero-order chi connectivity index (χ0) is 9.26. The lowest BCUT2D eigenvalue weighted by Gasteiger charge is -1.93. The van der Waals surface area contributed by atoms with Crippen LogP contribution < -0.4 is 0 Å². The monoisotopic (exact) mass is 179 g/mol. The van der Waals surface area contributed by atoms with E-state index in [4.69, 9.17) is 9.63 Å². The van der Waals surface area contributed by atoms with Crippen molar-refractivity contribution in [3.8, 4) is 11.5 Å². The summed E-state index contributed by atoms with van der Waals surface area (Å²) < 4.78 is 6.69. The fourth-order valence-corrected chi connectivity index (χ4v) is 1.12. The van der Waals surface area contributed by atoms with Gasteiger partial charge >= 0.3 is 0 Å². The van der Waals surface area contributed by atoms with E-state index in [2.05, 4.69) is 10.3 Å². The molecule has 68 valence electrons. The highest BCUT2D eigenvalue weighted by atomic mass is 16.5. The largest absolute Gasteiger partial charge is 0.390 e. The highest BCUT2D eigenvalue weighted by Crippen LogP contribution is 2.18. The maximum atomic E-state index is 8.77. The van der Waals surface area contributed by atoms with Gasteiger partial charge in [-0.2, -0.15) is 5.10 Å². The van der Waals surface area contributed by atoms with Crippen LogP contribution >= 0.6 is 0 Å². The van der Waals surface area contributed by atoms with Gasteiger partial charge in [0.25, 0.3) is 0 Å². The number of hydrogen-bond donors (Lipinski definition) is 1. The predicted molar refractivity (Wildman–Crippen MR) is 44.6 cm³/mol. The molecule has 2 heterocycles. The molecule has 0 radical (unpaired) electrons. The molecule has 1 N–H and O–H groups in total. The van der Waals surface area contributed by atoms with E-state index in [0.29, 0.717) is 11.5 Å². The van der Waals surface area contributed by atoms with Crippen molar-refractivity contribution < 1.29 is 9.63 Å². The van der Waals surface area contributed by atoms with Gasteiger partial charge in [-0.05, 0) is 6.07 Å². The second kappa shape index (κ2) is 3.02. The Kier molecular flexibility index (Phi) is 1.86. The Labute approximate surface area is 74.6 Å². The molecule has 0 aliphatic rings. The molecule has 2 rings (SSSR count). The van der Waals surface area contributed by atoms with Crippen molar-refractivity contribution in [2.24, 2.45) is 7.05 Å². The van der Waals surface area contributed by atoms with Crippen molar-refractivity contribution >= 4 is 0 Å². The van der Waals surface area contributed by atoms with Crippen LogP contribution in [0.25, 0.3) is 11.5 Å². The Hall–Kier alpha value is -1.62. The van der Waals surface area contributed by atoms with Crippen LogP contribution in [-0.4, -0.2) is 20.0 Å². The fraction of sp³-hybridized carbons (Fsp3) is 0.250. The van der Waals surface area contributed by atoms with Gasteiger partial charge in [-0.25, -0.2) is 0 Å². The van der Waals surface area contributed by atoms with Crippen LogP contribution in [0.4, 0.5) is 0 Å². The van der Waals surface area contributed by atoms with Crippen molar-refractivity contribution in [2.45, 2.75) is 6.61 Å². The van der Waals surface area contributed by atoms with Gasteiger partial charge < -0.3 is 9.63 Å². The zero-order valence-corrected chi connectivity index (χ0v) is 7.14. The molecule has 0 unspecified atom stereocenters. The summed E-state index contributed by atoms with van der Waals surface area (Å²) in [4.78, 5) is 0. The minimum Gasteiger partial charge on any atom is -0.390 e. The Balaban J connectivity index is 2.41. The number of nitrogens with zero attached hydrogens (tertiary/aromatic N) is 3. The van der Waals surface area contributed by atoms with E-state index in [1.165, 1.54) is 0 Å². The SMILES string of the molecule is Cn1nccc1-c1cc(CO)no1. The van der Waals surface area contributed by atoms with E-state index in [1.54, 1.807) is 16.9 Å². The Morgan fingerprint density at radius 1 is 1.62 bits per heavy atom. The van der Waals surface area contributed by atoms with Gasteiger partial charge in [-0.3, -0.25) is 4.68 Å². The summed E-state index contributed by atoms with van der Waals surface area (Å²) in [6, 6.07) is 3.51. The van der Waals surface area contributed by atoms with Crippen LogP contribution in [0.2, 0.25) is 0 Å². The van der Waals surface area contributed by atoms with Gasteiger partial charge in [0.05, 0.1) is 6.61 Å². The smallest absolute Gasteiger partial charge is 0.185 e. The molecule has 0 saturated carbocycles. The van der Waals surface area contributed by atoms with Crippen LogP contribution in [0, 0.1) is 0 Å². The zero-order valence-electron chi connectivity index (χ0n) is 7.14. The van der Waals surface area contributed by atoms with E-state index in [0.717, 1.165) is 5.69 Å². The van der Waals surface area contributed by atoms with Gasteiger partial charge in [0.1, 0.15) is 11.4 Å². The lowest BCUT2D eigenvalue weighted by Crippen LogP contribution is -1.91. The van der Waals surface area contributed by atoms with Crippen molar-refractivity contribution in [1.82, 2.24) is 14.9 Å². The average molecular weight is 179 g/mol. The molecule has 0 atom stereocenters. The highest BCUT2D eigenvalue weighted by Gasteiger charge is 2.08. The molecular formula is C8H9N3O2. The van der Waals surface area contributed by atoms with Crippen LogP contribution in [-0.2, 0) is 13.7 Å². The number of aliphatic hydroxyl groups excluding tert-OH is 1. The van der Waals surface area contributed by atoms with Crippen LogP contribution in [0.15, 0.2) is 22.9 Å². The van der Waals surface area contributed by atoms with E-state index in [-0.39, 0.29) is 6.61 Å². The summed E-state index contributed by atoms with van der Waals surface area (Å²) in [6.45, 7) is -0.110. The summed E-state index contributed by atoms with van der Waals surface area (Å²) >= 11 is 0. The Morgan fingerprint density at radius 3 is 3.00 bits per heavy atom. The third-order valence-corrected chi connectivity index (χ3v) is 1.79. The second-order valence-corrected chi connectivity index (χ2v) is 2.68. The van der Waals surface area contributed by atoms with Gasteiger partial charge in [0.2, 0.25) is 0 Å². The molecule has 0 fully saturated rings. The number of hydrogen-bond acceptors (Lipinski definition) is 4. The summed E-state index contributed by atoms with van der Waals surface area (Å²) in [5, 5.41) is 16.4. The molecule has 13 heavy (non-hydrogen) atoms. The van der Waals surface area contributed by atoms with Gasteiger partial charge in [-0.15, -0.1) is 0 Å². The molecule has 5 heteroatoms. The molecule has 0 amide bonds. The Bertz CT molecular complexity index is 405. The van der Waals surface area contributed by atoms with Crippen LogP contribution in [0.1, 0.15) is 5.69 Å². The first-order valence-electron chi connectivity index (χ1n) is 3.86. The number of aryl methyl sites for hydroxylation is 1. The first kappa shape index (κ1) is 8.00. The molecule has 2 aromatic heterocycles. The number of rotatable bonds is 2. The molecule has 0 aliphatic carbocycles.